The second-order valence-electron chi connectivity index (χ2n) is 6.84. The molecule has 1 amide bonds. The number of hydroxylamine groups is 2. The zero-order valence-electron chi connectivity index (χ0n) is 15.2. The fraction of sp³-hybridized carbons (Fsp3) is 0.556. The van der Waals surface area contributed by atoms with Gasteiger partial charge in [0.1, 0.15) is 0 Å². The predicted molar refractivity (Wildman–Crippen MR) is 96.1 cm³/mol. The van der Waals surface area contributed by atoms with Crippen molar-refractivity contribution >= 4 is 17.5 Å². The predicted octanol–water partition coefficient (Wildman–Crippen LogP) is 2.55. The van der Waals surface area contributed by atoms with Gasteiger partial charge < -0.3 is 0 Å². The third kappa shape index (κ3) is 4.13. The van der Waals surface area contributed by atoms with E-state index in [0.29, 0.717) is 36.0 Å². The van der Waals surface area contributed by atoms with Crippen molar-refractivity contribution in [1.82, 2.24) is 15.1 Å². The minimum absolute atomic E-state index is 0.0478. The van der Waals surface area contributed by atoms with Crippen molar-refractivity contribution in [3.8, 4) is 6.07 Å². The van der Waals surface area contributed by atoms with E-state index in [2.05, 4.69) is 11.1 Å². The minimum atomic E-state index is -1.17. The van der Waals surface area contributed by atoms with Gasteiger partial charge in [-0.05, 0) is 42.7 Å². The summed E-state index contributed by atoms with van der Waals surface area (Å²) in [5.74, 6) is -0.464. The van der Waals surface area contributed by atoms with Gasteiger partial charge in [0, 0.05) is 45.0 Å². The second kappa shape index (κ2) is 7.71. The molecule has 0 aliphatic carbocycles. The number of carbonyl (C=O) groups is 1. The lowest BCUT2D eigenvalue weighted by molar-refractivity contribution is -0.194. The third-order valence-electron chi connectivity index (χ3n) is 4.97. The highest BCUT2D eigenvalue weighted by Crippen LogP contribution is 2.29. The summed E-state index contributed by atoms with van der Waals surface area (Å²) in [6, 6.07) is 5.77. The van der Waals surface area contributed by atoms with Gasteiger partial charge in [-0.15, -0.1) is 0 Å². The Bertz CT molecular complexity index is 668. The number of hydrogen-bond donors (Lipinski definition) is 1. The maximum absolute atomic E-state index is 12.6. The number of aryl methyl sites for hydroxylation is 2. The molecule has 25 heavy (non-hydrogen) atoms. The Morgan fingerprint density at radius 1 is 1.32 bits per heavy atom. The van der Waals surface area contributed by atoms with Gasteiger partial charge in [-0.1, -0.05) is 11.6 Å². The Kier molecular flexibility index (Phi) is 6.07. The van der Waals surface area contributed by atoms with Crippen LogP contribution >= 0.6 is 11.6 Å². The quantitative estimate of drug-likeness (QED) is 0.656. The largest absolute Gasteiger partial charge is 0.284 e. The topological polar surface area (TPSA) is 70.8 Å². The van der Waals surface area contributed by atoms with Crippen LogP contribution in [0.3, 0.4) is 0 Å². The normalized spacial score (nSPS) is 17.4. The highest BCUT2D eigenvalue weighted by Gasteiger charge is 2.43. The van der Waals surface area contributed by atoms with E-state index in [1.54, 1.807) is 12.1 Å². The maximum Gasteiger partial charge on any atom is 0.251 e. The number of carbonyl (C=O) groups excluding carboxylic acids is 1. The van der Waals surface area contributed by atoms with Crippen LogP contribution in [0.1, 0.15) is 29.5 Å². The van der Waals surface area contributed by atoms with Gasteiger partial charge in [0.05, 0.1) is 12.5 Å². The number of hydrazine groups is 1. The van der Waals surface area contributed by atoms with E-state index < -0.39 is 11.4 Å². The van der Waals surface area contributed by atoms with E-state index in [1.165, 1.54) is 0 Å². The summed E-state index contributed by atoms with van der Waals surface area (Å²) in [6.07, 6.45) is 0.858. The summed E-state index contributed by atoms with van der Waals surface area (Å²) in [5.41, 5.74) is 1.48. The summed E-state index contributed by atoms with van der Waals surface area (Å²) >= 11 is 6.03. The van der Waals surface area contributed by atoms with Crippen LogP contribution < -0.4 is 0 Å². The van der Waals surface area contributed by atoms with Crippen LogP contribution in [0.4, 0.5) is 0 Å². The summed E-state index contributed by atoms with van der Waals surface area (Å²) in [5, 5.41) is 25.5. The molecule has 0 unspecified atom stereocenters. The van der Waals surface area contributed by atoms with Crippen LogP contribution in [0.25, 0.3) is 0 Å². The van der Waals surface area contributed by atoms with Gasteiger partial charge >= 0.3 is 0 Å². The highest BCUT2D eigenvalue weighted by atomic mass is 35.5. The lowest BCUT2D eigenvalue weighted by Gasteiger charge is -2.42. The molecule has 2 rings (SSSR count). The molecule has 136 valence electrons. The van der Waals surface area contributed by atoms with Gasteiger partial charge in [-0.25, -0.2) is 15.1 Å². The van der Waals surface area contributed by atoms with Gasteiger partial charge in [-0.3, -0.25) is 10.0 Å². The molecule has 1 fully saturated rings. The zero-order valence-corrected chi connectivity index (χ0v) is 16.0. The second-order valence-corrected chi connectivity index (χ2v) is 7.28. The average molecular weight is 365 g/mol. The van der Waals surface area contributed by atoms with E-state index in [4.69, 9.17) is 11.6 Å². The summed E-state index contributed by atoms with van der Waals surface area (Å²) in [6.45, 7) is 5.01. The van der Waals surface area contributed by atoms with Crippen molar-refractivity contribution in [3.63, 3.8) is 0 Å². The van der Waals surface area contributed by atoms with Crippen molar-refractivity contribution in [1.29, 1.82) is 5.26 Å². The van der Waals surface area contributed by atoms with E-state index in [0.717, 1.165) is 16.7 Å². The first-order chi connectivity index (χ1) is 11.7. The van der Waals surface area contributed by atoms with Gasteiger partial charge in [0.15, 0.2) is 5.54 Å². The number of nitrogens with zero attached hydrogens (tertiary/aromatic N) is 4. The van der Waals surface area contributed by atoms with Crippen molar-refractivity contribution in [2.75, 3.05) is 27.2 Å². The number of rotatable bonds is 4. The first-order valence-electron chi connectivity index (χ1n) is 8.31. The molecular formula is C18H25ClN4O2. The molecule has 1 aliphatic heterocycles. The molecular weight excluding hydrogens is 340 g/mol. The number of halogens is 1. The SMILES string of the molecule is Cc1cc(Cl)cc(C)c1CC(=O)N(O)C1(C#N)CCN(N(C)C)CC1. The molecule has 1 saturated heterocycles. The summed E-state index contributed by atoms with van der Waals surface area (Å²) in [4.78, 5) is 12.6. The average Bonchev–Trinajstić information content (AvgIpc) is 2.57. The Morgan fingerprint density at radius 2 is 1.84 bits per heavy atom. The smallest absolute Gasteiger partial charge is 0.251 e. The number of amides is 1. The molecule has 0 aromatic heterocycles. The van der Waals surface area contributed by atoms with Crippen LogP contribution in [0.15, 0.2) is 12.1 Å². The Morgan fingerprint density at radius 3 is 2.28 bits per heavy atom. The Labute approximate surface area is 154 Å². The fourth-order valence-electron chi connectivity index (χ4n) is 3.32. The van der Waals surface area contributed by atoms with Crippen LogP contribution in [-0.4, -0.2) is 58.9 Å². The van der Waals surface area contributed by atoms with Crippen molar-refractivity contribution in [2.24, 2.45) is 0 Å². The molecule has 1 heterocycles. The van der Waals surface area contributed by atoms with Crippen LogP contribution in [-0.2, 0) is 11.2 Å². The molecule has 1 aromatic carbocycles. The first kappa shape index (κ1) is 19.7. The molecule has 7 heteroatoms. The number of piperidine rings is 1. The maximum atomic E-state index is 12.6. The molecule has 1 aromatic rings. The van der Waals surface area contributed by atoms with Crippen LogP contribution in [0.2, 0.25) is 5.02 Å². The standard InChI is InChI=1S/C18H25ClN4O2/c1-13-9-15(19)10-14(2)16(13)11-17(24)23(25)18(12-20)5-7-22(8-6-18)21(3)4/h9-10,25H,5-8,11H2,1-4H3. The molecule has 0 spiro atoms. The lowest BCUT2D eigenvalue weighted by atomic mass is 9.88. The fourth-order valence-corrected chi connectivity index (χ4v) is 3.65. The highest BCUT2D eigenvalue weighted by molar-refractivity contribution is 6.30. The van der Waals surface area contributed by atoms with E-state index >= 15 is 0 Å². The lowest BCUT2D eigenvalue weighted by Crippen LogP contribution is -2.57. The summed E-state index contributed by atoms with van der Waals surface area (Å²) in [7, 11) is 3.88. The molecule has 0 radical (unpaired) electrons. The number of hydrogen-bond acceptors (Lipinski definition) is 5. The Balaban J connectivity index is 2.15. The van der Waals surface area contributed by atoms with E-state index in [9.17, 15) is 15.3 Å². The van der Waals surface area contributed by atoms with Crippen molar-refractivity contribution < 1.29 is 10.0 Å². The zero-order chi connectivity index (χ0) is 18.8. The molecule has 0 bridgehead atoms. The monoisotopic (exact) mass is 364 g/mol. The molecule has 6 nitrogen and oxygen atoms in total. The number of benzene rings is 1. The van der Waals surface area contributed by atoms with E-state index in [-0.39, 0.29) is 6.42 Å². The molecule has 1 N–H and O–H groups in total. The summed E-state index contributed by atoms with van der Waals surface area (Å²) < 4.78 is 0. The van der Waals surface area contributed by atoms with Crippen molar-refractivity contribution in [3.05, 3.63) is 33.8 Å². The molecule has 1 aliphatic rings. The van der Waals surface area contributed by atoms with Crippen LogP contribution in [0, 0.1) is 25.2 Å². The van der Waals surface area contributed by atoms with Crippen LogP contribution in [0.5, 0.6) is 0 Å². The van der Waals surface area contributed by atoms with E-state index in [1.807, 2.05) is 33.0 Å². The van der Waals surface area contributed by atoms with Gasteiger partial charge in [0.2, 0.25) is 0 Å². The molecule has 0 saturated carbocycles. The Hall–Kier alpha value is -1.65. The number of nitriles is 1. The third-order valence-corrected chi connectivity index (χ3v) is 5.19. The van der Waals surface area contributed by atoms with Crippen molar-refractivity contribution in [2.45, 2.75) is 38.6 Å². The minimum Gasteiger partial charge on any atom is -0.284 e. The molecule has 0 atom stereocenters. The first-order valence-corrected chi connectivity index (χ1v) is 8.69. The van der Waals surface area contributed by atoms with Gasteiger partial charge in [-0.2, -0.15) is 5.26 Å². The van der Waals surface area contributed by atoms with Gasteiger partial charge in [0.25, 0.3) is 5.91 Å².